The van der Waals surface area contributed by atoms with Crippen LogP contribution in [0.15, 0.2) is 54.7 Å². The number of hydrogen-bond donors (Lipinski definition) is 1. The molecule has 29 heavy (non-hydrogen) atoms. The van der Waals surface area contributed by atoms with E-state index in [1.807, 2.05) is 31.2 Å². The molecule has 150 valence electrons. The number of hydrogen-bond acceptors (Lipinski definition) is 4. The Bertz CT molecular complexity index is 1010. The lowest BCUT2D eigenvalue weighted by Gasteiger charge is -2.36. The molecular weight excluding hydrogens is 364 g/mol. The average Bonchev–Trinajstić information content (AvgIpc) is 2.76. The molecule has 1 N–H and O–H groups in total. The molecule has 1 amide bonds. The van der Waals surface area contributed by atoms with Crippen LogP contribution in [0.2, 0.25) is 0 Å². The number of anilines is 1. The Balaban J connectivity index is 1.72. The molecule has 0 spiro atoms. The van der Waals surface area contributed by atoms with Crippen molar-refractivity contribution in [2.45, 2.75) is 32.1 Å². The molecule has 0 unspecified atom stereocenters. The fraction of sp³-hybridized carbons (Fsp3) is 0.333. The summed E-state index contributed by atoms with van der Waals surface area (Å²) < 4.78 is 11.3. The number of aromatic nitrogens is 1. The Morgan fingerprint density at radius 3 is 2.62 bits per heavy atom. The van der Waals surface area contributed by atoms with Crippen molar-refractivity contribution in [3.05, 3.63) is 65.9 Å². The number of amides is 1. The number of nitrogens with one attached hydrogen (secondary N) is 1. The molecule has 5 nitrogen and oxygen atoms in total. The van der Waals surface area contributed by atoms with Gasteiger partial charge in [0, 0.05) is 24.8 Å². The van der Waals surface area contributed by atoms with Crippen molar-refractivity contribution in [1.82, 2.24) is 4.98 Å². The molecule has 2 aromatic carbocycles. The molecule has 4 rings (SSSR count). The van der Waals surface area contributed by atoms with Crippen molar-refractivity contribution < 1.29 is 14.3 Å². The third kappa shape index (κ3) is 3.70. The van der Waals surface area contributed by atoms with Gasteiger partial charge in [0.1, 0.15) is 11.3 Å². The van der Waals surface area contributed by atoms with Crippen LogP contribution in [-0.4, -0.2) is 30.7 Å². The van der Waals surface area contributed by atoms with E-state index in [4.69, 9.17) is 9.47 Å². The van der Waals surface area contributed by atoms with E-state index in [2.05, 4.69) is 41.5 Å². The lowest BCUT2D eigenvalue weighted by Crippen LogP contribution is -2.44. The molecule has 0 bridgehead atoms. The lowest BCUT2D eigenvalue weighted by atomic mass is 9.73. The van der Waals surface area contributed by atoms with Gasteiger partial charge in [-0.1, -0.05) is 29.8 Å². The lowest BCUT2D eigenvalue weighted by molar-refractivity contribution is -0.125. The van der Waals surface area contributed by atoms with Crippen molar-refractivity contribution in [2.75, 3.05) is 25.1 Å². The Morgan fingerprint density at radius 1 is 1.14 bits per heavy atom. The largest absolute Gasteiger partial charge is 0.492 e. The topological polar surface area (TPSA) is 60.5 Å². The van der Waals surface area contributed by atoms with Gasteiger partial charge in [-0.15, -0.1) is 0 Å². The Hall–Kier alpha value is -2.92. The normalized spacial score (nSPS) is 15.8. The zero-order valence-electron chi connectivity index (χ0n) is 16.9. The number of benzene rings is 2. The third-order valence-electron chi connectivity index (χ3n) is 5.67. The number of pyridine rings is 1. The molecule has 1 aliphatic heterocycles. The first-order valence-electron chi connectivity index (χ1n) is 10.1. The number of fused-ring (bicyclic) bond motifs is 1. The second kappa shape index (κ2) is 8.21. The summed E-state index contributed by atoms with van der Waals surface area (Å²) in [6.45, 7) is 5.72. The fourth-order valence-electron chi connectivity index (χ4n) is 4.01. The average molecular weight is 390 g/mol. The molecule has 0 radical (unpaired) electrons. The molecular formula is C24H26N2O3. The number of rotatable bonds is 5. The molecule has 3 aromatic rings. The Morgan fingerprint density at radius 2 is 1.90 bits per heavy atom. The van der Waals surface area contributed by atoms with Crippen molar-refractivity contribution >= 4 is 22.5 Å². The summed E-state index contributed by atoms with van der Waals surface area (Å²) in [6.07, 6.45) is 3.06. The van der Waals surface area contributed by atoms with E-state index in [0.717, 1.165) is 27.9 Å². The summed E-state index contributed by atoms with van der Waals surface area (Å²) in [7, 11) is 0. The van der Waals surface area contributed by atoms with Crippen molar-refractivity contribution in [3.8, 4) is 5.75 Å². The molecule has 1 aliphatic rings. The standard InChI is InChI=1S/C24H26N2O3/c1-3-29-21-11-10-20(19-5-4-14-25-22(19)21)26-23(27)24(12-15-28-16-13-24)18-8-6-17(2)7-9-18/h4-11,14H,3,12-13,15-16H2,1-2H3,(H,26,27). The highest BCUT2D eigenvalue weighted by atomic mass is 16.5. The number of ether oxygens (including phenoxy) is 2. The summed E-state index contributed by atoms with van der Waals surface area (Å²) in [5.41, 5.74) is 3.12. The van der Waals surface area contributed by atoms with E-state index >= 15 is 0 Å². The predicted molar refractivity (Wildman–Crippen MR) is 114 cm³/mol. The highest BCUT2D eigenvalue weighted by Crippen LogP contribution is 2.38. The molecule has 1 saturated heterocycles. The maximum Gasteiger partial charge on any atom is 0.235 e. The van der Waals surface area contributed by atoms with Gasteiger partial charge >= 0.3 is 0 Å². The van der Waals surface area contributed by atoms with Crippen LogP contribution in [0.4, 0.5) is 5.69 Å². The first-order chi connectivity index (χ1) is 14.1. The van der Waals surface area contributed by atoms with Gasteiger partial charge in [0.2, 0.25) is 5.91 Å². The molecule has 2 heterocycles. The quantitative estimate of drug-likeness (QED) is 0.690. The van der Waals surface area contributed by atoms with Crippen LogP contribution in [0.25, 0.3) is 10.9 Å². The monoisotopic (exact) mass is 390 g/mol. The Kier molecular flexibility index (Phi) is 5.49. The van der Waals surface area contributed by atoms with E-state index in [1.54, 1.807) is 6.20 Å². The number of carbonyl (C=O) groups excluding carboxylic acids is 1. The van der Waals surface area contributed by atoms with Gasteiger partial charge in [0.15, 0.2) is 0 Å². The summed E-state index contributed by atoms with van der Waals surface area (Å²) >= 11 is 0. The van der Waals surface area contributed by atoms with Crippen molar-refractivity contribution in [2.24, 2.45) is 0 Å². The van der Waals surface area contributed by atoms with Crippen LogP contribution in [0.1, 0.15) is 30.9 Å². The van der Waals surface area contributed by atoms with Crippen molar-refractivity contribution in [3.63, 3.8) is 0 Å². The second-order valence-corrected chi connectivity index (χ2v) is 7.46. The van der Waals surface area contributed by atoms with E-state index in [9.17, 15) is 4.79 Å². The van der Waals surface area contributed by atoms with Crippen LogP contribution in [-0.2, 0) is 14.9 Å². The fourth-order valence-corrected chi connectivity index (χ4v) is 4.01. The molecule has 1 aromatic heterocycles. The van der Waals surface area contributed by atoms with Crippen LogP contribution < -0.4 is 10.1 Å². The van der Waals surface area contributed by atoms with E-state index in [0.29, 0.717) is 32.7 Å². The van der Waals surface area contributed by atoms with Crippen molar-refractivity contribution in [1.29, 1.82) is 0 Å². The number of nitrogens with zero attached hydrogens (tertiary/aromatic N) is 1. The number of carbonyl (C=O) groups is 1. The molecule has 5 heteroatoms. The predicted octanol–water partition coefficient (Wildman–Crippen LogP) is 4.63. The first kappa shape index (κ1) is 19.4. The molecule has 0 saturated carbocycles. The van der Waals surface area contributed by atoms with Crippen LogP contribution in [0.3, 0.4) is 0 Å². The number of aryl methyl sites for hydroxylation is 1. The van der Waals surface area contributed by atoms with Gasteiger partial charge in [-0.25, -0.2) is 0 Å². The van der Waals surface area contributed by atoms with E-state index in [1.165, 1.54) is 5.56 Å². The highest BCUT2D eigenvalue weighted by Gasteiger charge is 2.41. The van der Waals surface area contributed by atoms with Gasteiger partial charge in [-0.2, -0.15) is 0 Å². The smallest absolute Gasteiger partial charge is 0.235 e. The zero-order chi connectivity index (χ0) is 20.3. The Labute approximate surface area is 171 Å². The third-order valence-corrected chi connectivity index (χ3v) is 5.67. The van der Waals surface area contributed by atoms with Gasteiger partial charge in [0.25, 0.3) is 0 Å². The minimum atomic E-state index is -0.598. The van der Waals surface area contributed by atoms with Gasteiger partial charge in [-0.3, -0.25) is 9.78 Å². The second-order valence-electron chi connectivity index (χ2n) is 7.46. The SMILES string of the molecule is CCOc1ccc(NC(=O)C2(c3ccc(C)cc3)CCOCC2)c2cccnc12. The van der Waals surface area contributed by atoms with Crippen LogP contribution in [0, 0.1) is 6.92 Å². The zero-order valence-corrected chi connectivity index (χ0v) is 16.9. The van der Waals surface area contributed by atoms with E-state index in [-0.39, 0.29) is 5.91 Å². The summed E-state index contributed by atoms with van der Waals surface area (Å²) in [4.78, 5) is 18.1. The molecule has 0 atom stereocenters. The maximum atomic E-state index is 13.6. The van der Waals surface area contributed by atoms with Gasteiger partial charge in [-0.05, 0) is 56.5 Å². The highest BCUT2D eigenvalue weighted by molar-refractivity contribution is 6.06. The first-order valence-corrected chi connectivity index (χ1v) is 10.1. The molecule has 0 aliphatic carbocycles. The van der Waals surface area contributed by atoms with Crippen LogP contribution in [0.5, 0.6) is 5.75 Å². The van der Waals surface area contributed by atoms with Crippen LogP contribution >= 0.6 is 0 Å². The minimum Gasteiger partial charge on any atom is -0.492 e. The summed E-state index contributed by atoms with van der Waals surface area (Å²) in [6, 6.07) is 15.9. The summed E-state index contributed by atoms with van der Waals surface area (Å²) in [5, 5.41) is 4.06. The minimum absolute atomic E-state index is 0.000957. The molecule has 1 fully saturated rings. The summed E-state index contributed by atoms with van der Waals surface area (Å²) in [5.74, 6) is 0.722. The van der Waals surface area contributed by atoms with Gasteiger partial charge < -0.3 is 14.8 Å². The van der Waals surface area contributed by atoms with Gasteiger partial charge in [0.05, 0.1) is 17.7 Å². The van der Waals surface area contributed by atoms with E-state index < -0.39 is 5.41 Å². The maximum absolute atomic E-state index is 13.6.